The number of hydrogen-bond acceptors (Lipinski definition) is 5. The molecule has 0 N–H and O–H groups in total. The van der Waals surface area contributed by atoms with Crippen molar-refractivity contribution in [2.24, 2.45) is 5.92 Å². The molecule has 1 amide bonds. The minimum atomic E-state index is 0.0426. The number of aromatic nitrogens is 4. The molecular formula is C16H21N5O2. The molecule has 3 rings (SSSR count). The number of tetrazole rings is 1. The maximum atomic E-state index is 12.9. The summed E-state index contributed by atoms with van der Waals surface area (Å²) in [6.45, 7) is 5.09. The zero-order valence-electron chi connectivity index (χ0n) is 13.6. The third kappa shape index (κ3) is 3.04. The van der Waals surface area contributed by atoms with Crippen molar-refractivity contribution >= 4 is 5.91 Å². The number of likely N-dealkylation sites (tertiary alicyclic amines) is 1. The van der Waals surface area contributed by atoms with Gasteiger partial charge in [0.1, 0.15) is 17.8 Å². The zero-order valence-corrected chi connectivity index (χ0v) is 13.6. The predicted molar refractivity (Wildman–Crippen MR) is 84.6 cm³/mol. The second kappa shape index (κ2) is 6.36. The lowest BCUT2D eigenvalue weighted by Gasteiger charge is -2.37. The van der Waals surface area contributed by atoms with E-state index in [-0.39, 0.29) is 11.9 Å². The van der Waals surface area contributed by atoms with Gasteiger partial charge >= 0.3 is 0 Å². The average molecular weight is 315 g/mol. The van der Waals surface area contributed by atoms with Crippen LogP contribution in [0.2, 0.25) is 0 Å². The van der Waals surface area contributed by atoms with Crippen LogP contribution in [0, 0.1) is 5.92 Å². The fourth-order valence-corrected chi connectivity index (χ4v) is 3.01. The molecular weight excluding hydrogens is 294 g/mol. The molecule has 2 atom stereocenters. The molecule has 2 heterocycles. The molecule has 0 spiro atoms. The van der Waals surface area contributed by atoms with E-state index in [4.69, 9.17) is 4.74 Å². The van der Waals surface area contributed by atoms with Crippen LogP contribution in [-0.2, 0) is 0 Å². The van der Waals surface area contributed by atoms with E-state index in [0.717, 1.165) is 13.0 Å². The van der Waals surface area contributed by atoms with Gasteiger partial charge in [-0.15, -0.1) is 5.10 Å². The second-order valence-corrected chi connectivity index (χ2v) is 6.13. The Morgan fingerprint density at radius 3 is 2.83 bits per heavy atom. The smallest absolute Gasteiger partial charge is 0.254 e. The van der Waals surface area contributed by atoms with Gasteiger partial charge in [-0.2, -0.15) is 4.68 Å². The minimum Gasteiger partial charge on any atom is -0.494 e. The standard InChI is InChI=1S/C16H21N5O2/c1-11-4-5-12(2)20(9-11)16(22)13-6-7-15(23-3)14(8-13)21-10-17-18-19-21/h6-8,10-12H,4-5,9H2,1-3H3/t11-,12-/m1/s1. The van der Waals surface area contributed by atoms with Crippen molar-refractivity contribution in [3.63, 3.8) is 0 Å². The average Bonchev–Trinajstić information content (AvgIpc) is 3.10. The molecule has 1 aromatic heterocycles. The van der Waals surface area contributed by atoms with Crippen molar-refractivity contribution in [1.82, 2.24) is 25.1 Å². The molecule has 2 aromatic rings. The molecule has 122 valence electrons. The molecule has 1 aliphatic rings. The quantitative estimate of drug-likeness (QED) is 0.865. The highest BCUT2D eigenvalue weighted by Crippen LogP contribution is 2.27. The second-order valence-electron chi connectivity index (χ2n) is 6.13. The van der Waals surface area contributed by atoms with Crippen LogP contribution in [0.25, 0.3) is 5.69 Å². The molecule has 1 aliphatic heterocycles. The topological polar surface area (TPSA) is 73.1 Å². The lowest BCUT2D eigenvalue weighted by atomic mass is 9.94. The third-order valence-corrected chi connectivity index (χ3v) is 4.40. The van der Waals surface area contributed by atoms with Crippen molar-refractivity contribution in [2.75, 3.05) is 13.7 Å². The first-order valence-corrected chi connectivity index (χ1v) is 7.82. The van der Waals surface area contributed by atoms with Gasteiger partial charge in [0.2, 0.25) is 0 Å². The number of piperidine rings is 1. The highest BCUT2D eigenvalue weighted by atomic mass is 16.5. The molecule has 0 aliphatic carbocycles. The first-order valence-electron chi connectivity index (χ1n) is 7.82. The van der Waals surface area contributed by atoms with Crippen LogP contribution in [0.5, 0.6) is 5.75 Å². The Balaban J connectivity index is 1.93. The van der Waals surface area contributed by atoms with E-state index in [1.165, 1.54) is 17.4 Å². The summed E-state index contributed by atoms with van der Waals surface area (Å²) in [6.07, 6.45) is 3.70. The number of rotatable bonds is 3. The Morgan fingerprint density at radius 1 is 1.30 bits per heavy atom. The van der Waals surface area contributed by atoms with Gasteiger partial charge in [-0.1, -0.05) is 6.92 Å². The molecule has 1 aromatic carbocycles. The van der Waals surface area contributed by atoms with Crippen molar-refractivity contribution in [2.45, 2.75) is 32.7 Å². The molecule has 7 nitrogen and oxygen atoms in total. The van der Waals surface area contributed by atoms with Crippen LogP contribution in [0.1, 0.15) is 37.0 Å². The number of amides is 1. The van der Waals surface area contributed by atoms with E-state index in [1.807, 2.05) is 4.90 Å². The van der Waals surface area contributed by atoms with Crippen LogP contribution >= 0.6 is 0 Å². The van der Waals surface area contributed by atoms with E-state index < -0.39 is 0 Å². The number of carbonyl (C=O) groups excluding carboxylic acids is 1. The van der Waals surface area contributed by atoms with E-state index in [2.05, 4.69) is 29.4 Å². The largest absolute Gasteiger partial charge is 0.494 e. The number of hydrogen-bond donors (Lipinski definition) is 0. The van der Waals surface area contributed by atoms with Gasteiger partial charge in [0, 0.05) is 18.2 Å². The lowest BCUT2D eigenvalue weighted by Crippen LogP contribution is -2.44. The fourth-order valence-electron chi connectivity index (χ4n) is 3.01. The van der Waals surface area contributed by atoms with Crippen molar-refractivity contribution in [1.29, 1.82) is 0 Å². The maximum absolute atomic E-state index is 12.9. The molecule has 0 saturated carbocycles. The van der Waals surface area contributed by atoms with Crippen LogP contribution in [-0.4, -0.2) is 50.7 Å². The predicted octanol–water partition coefficient (Wildman–Crippen LogP) is 1.93. The summed E-state index contributed by atoms with van der Waals surface area (Å²) in [4.78, 5) is 14.9. The summed E-state index contributed by atoms with van der Waals surface area (Å²) >= 11 is 0. The summed E-state index contributed by atoms with van der Waals surface area (Å²) in [5.74, 6) is 1.20. The Kier molecular flexibility index (Phi) is 4.27. The summed E-state index contributed by atoms with van der Waals surface area (Å²) in [7, 11) is 1.58. The molecule has 23 heavy (non-hydrogen) atoms. The summed E-state index contributed by atoms with van der Waals surface area (Å²) in [6, 6.07) is 5.62. The van der Waals surface area contributed by atoms with Gasteiger partial charge in [-0.05, 0) is 54.3 Å². The highest BCUT2D eigenvalue weighted by Gasteiger charge is 2.28. The Bertz CT molecular complexity index is 686. The van der Waals surface area contributed by atoms with Gasteiger partial charge in [0.05, 0.1) is 7.11 Å². The first kappa shape index (κ1) is 15.5. The molecule has 0 unspecified atom stereocenters. The number of ether oxygens (including phenoxy) is 1. The first-order chi connectivity index (χ1) is 11.1. The van der Waals surface area contributed by atoms with Gasteiger partial charge in [-0.25, -0.2) is 0 Å². The minimum absolute atomic E-state index is 0.0426. The van der Waals surface area contributed by atoms with E-state index in [0.29, 0.717) is 22.9 Å². The van der Waals surface area contributed by atoms with E-state index in [1.54, 1.807) is 25.3 Å². The number of benzene rings is 1. The Hall–Kier alpha value is -2.44. The molecule has 1 fully saturated rings. The van der Waals surface area contributed by atoms with Crippen LogP contribution in [0.3, 0.4) is 0 Å². The molecule has 0 bridgehead atoms. The van der Waals surface area contributed by atoms with Gasteiger partial charge < -0.3 is 9.64 Å². The maximum Gasteiger partial charge on any atom is 0.254 e. The van der Waals surface area contributed by atoms with Gasteiger partial charge in [0.15, 0.2) is 0 Å². The van der Waals surface area contributed by atoms with Crippen LogP contribution in [0.4, 0.5) is 0 Å². The molecule has 1 saturated heterocycles. The fraction of sp³-hybridized carbons (Fsp3) is 0.500. The monoisotopic (exact) mass is 315 g/mol. The number of nitrogens with zero attached hydrogens (tertiary/aromatic N) is 5. The lowest BCUT2D eigenvalue weighted by molar-refractivity contribution is 0.0574. The Labute approximate surface area is 135 Å². The molecule has 0 radical (unpaired) electrons. The van der Waals surface area contributed by atoms with Crippen molar-refractivity contribution < 1.29 is 9.53 Å². The third-order valence-electron chi connectivity index (χ3n) is 4.40. The van der Waals surface area contributed by atoms with E-state index in [9.17, 15) is 4.79 Å². The zero-order chi connectivity index (χ0) is 16.4. The summed E-state index contributed by atoms with van der Waals surface area (Å²) < 4.78 is 6.84. The van der Waals surface area contributed by atoms with Crippen LogP contribution in [0.15, 0.2) is 24.5 Å². The summed E-state index contributed by atoms with van der Waals surface area (Å²) in [5.41, 5.74) is 1.28. The van der Waals surface area contributed by atoms with Gasteiger partial charge in [-0.3, -0.25) is 4.79 Å². The molecule has 7 heteroatoms. The van der Waals surface area contributed by atoms with Crippen molar-refractivity contribution in [3.05, 3.63) is 30.1 Å². The van der Waals surface area contributed by atoms with Crippen molar-refractivity contribution in [3.8, 4) is 11.4 Å². The van der Waals surface area contributed by atoms with Gasteiger partial charge in [0.25, 0.3) is 5.91 Å². The highest BCUT2D eigenvalue weighted by molar-refractivity contribution is 5.95. The van der Waals surface area contributed by atoms with Crippen LogP contribution < -0.4 is 4.74 Å². The van der Waals surface area contributed by atoms with E-state index >= 15 is 0 Å². The summed E-state index contributed by atoms with van der Waals surface area (Å²) in [5, 5.41) is 11.2. The normalized spacial score (nSPS) is 21.3. The number of methoxy groups -OCH3 is 1. The number of carbonyl (C=O) groups is 1. The SMILES string of the molecule is COc1ccc(C(=O)N2C[C@H](C)CC[C@H]2C)cc1-n1cnnn1. The Morgan fingerprint density at radius 2 is 2.13 bits per heavy atom.